The molecule has 2 aromatic rings. The summed E-state index contributed by atoms with van der Waals surface area (Å²) in [4.78, 5) is 20.4. The Balaban J connectivity index is 0.00000312. The molecule has 6 nitrogen and oxygen atoms in total. The van der Waals surface area contributed by atoms with Crippen LogP contribution in [0.2, 0.25) is 0 Å². The van der Waals surface area contributed by atoms with Crippen LogP contribution in [-0.4, -0.2) is 37.0 Å². The predicted molar refractivity (Wildman–Crippen MR) is 111 cm³/mol. The van der Waals surface area contributed by atoms with Gasteiger partial charge >= 0.3 is 0 Å². The van der Waals surface area contributed by atoms with Crippen LogP contribution in [0.1, 0.15) is 21.6 Å². The van der Waals surface area contributed by atoms with Gasteiger partial charge in [0.15, 0.2) is 5.96 Å². The summed E-state index contributed by atoms with van der Waals surface area (Å²) in [5.41, 5.74) is 2.68. The van der Waals surface area contributed by atoms with Gasteiger partial charge in [0.05, 0.1) is 12.2 Å². The quantitative estimate of drug-likeness (QED) is 0.271. The highest BCUT2D eigenvalue weighted by molar-refractivity contribution is 14.0. The highest BCUT2D eigenvalue weighted by atomic mass is 127. The molecule has 1 amide bonds. The fourth-order valence-corrected chi connectivity index (χ4v) is 2.14. The van der Waals surface area contributed by atoms with Crippen molar-refractivity contribution in [1.29, 1.82) is 0 Å². The molecule has 1 aromatic heterocycles. The maximum absolute atomic E-state index is 12.0. The fraction of sp³-hybridized carbons (Fsp3) is 0.278. The maximum atomic E-state index is 12.0. The van der Waals surface area contributed by atoms with Crippen molar-refractivity contribution in [3.05, 3.63) is 65.5 Å². The first-order valence-electron chi connectivity index (χ1n) is 7.88. The average molecular weight is 453 g/mol. The molecule has 0 saturated heterocycles. The first-order chi connectivity index (χ1) is 11.7. The molecule has 0 aliphatic carbocycles. The van der Waals surface area contributed by atoms with E-state index in [2.05, 4.69) is 25.9 Å². The first-order valence-corrected chi connectivity index (χ1v) is 7.88. The Kier molecular flexibility index (Phi) is 9.53. The van der Waals surface area contributed by atoms with Gasteiger partial charge in [0.2, 0.25) is 0 Å². The molecule has 134 valence electrons. The summed E-state index contributed by atoms with van der Waals surface area (Å²) in [6.45, 7) is 3.66. The van der Waals surface area contributed by atoms with Crippen LogP contribution in [0.15, 0.2) is 53.7 Å². The minimum absolute atomic E-state index is 0. The number of halogens is 1. The van der Waals surface area contributed by atoms with Gasteiger partial charge in [-0.05, 0) is 31.2 Å². The van der Waals surface area contributed by atoms with Crippen LogP contribution in [0.5, 0.6) is 0 Å². The van der Waals surface area contributed by atoms with E-state index < -0.39 is 0 Å². The number of hydrogen-bond donors (Lipinski definition) is 3. The number of nitrogens with one attached hydrogen (secondary N) is 3. The molecule has 1 aromatic carbocycles. The molecular formula is C18H24IN5O. The van der Waals surface area contributed by atoms with Crippen LogP contribution in [0.25, 0.3) is 0 Å². The second-order valence-electron chi connectivity index (χ2n) is 5.30. The third-order valence-corrected chi connectivity index (χ3v) is 3.37. The van der Waals surface area contributed by atoms with E-state index in [1.807, 2.05) is 49.4 Å². The van der Waals surface area contributed by atoms with Gasteiger partial charge in [0.1, 0.15) is 0 Å². The Hall–Kier alpha value is -2.16. The summed E-state index contributed by atoms with van der Waals surface area (Å²) in [6, 6.07) is 13.3. The summed E-state index contributed by atoms with van der Waals surface area (Å²) in [5, 5.41) is 9.21. The Morgan fingerprint density at radius 2 is 1.88 bits per heavy atom. The molecule has 3 N–H and O–H groups in total. The standard InChI is InChI=1S/C18H23N5O.HI/c1-14-6-5-7-15(12-14)17(24)21-10-11-22-18(19-2)23-13-16-8-3-4-9-20-16;/h3-9,12H,10-11,13H2,1-2H3,(H,21,24)(H2,19,22,23);1H. The lowest BCUT2D eigenvalue weighted by Gasteiger charge is -2.12. The molecule has 0 atom stereocenters. The molecule has 1 heterocycles. The van der Waals surface area contributed by atoms with Gasteiger partial charge in [-0.1, -0.05) is 23.8 Å². The summed E-state index contributed by atoms with van der Waals surface area (Å²) in [6.07, 6.45) is 1.76. The number of amides is 1. The number of guanidine groups is 1. The van der Waals surface area contributed by atoms with Crippen molar-refractivity contribution in [3.63, 3.8) is 0 Å². The maximum Gasteiger partial charge on any atom is 0.251 e. The average Bonchev–Trinajstić information content (AvgIpc) is 2.61. The molecule has 0 fully saturated rings. The zero-order valence-electron chi connectivity index (χ0n) is 14.5. The van der Waals surface area contributed by atoms with Gasteiger partial charge in [0, 0.05) is 31.9 Å². The van der Waals surface area contributed by atoms with E-state index >= 15 is 0 Å². The van der Waals surface area contributed by atoms with Crippen molar-refractivity contribution in [1.82, 2.24) is 20.9 Å². The monoisotopic (exact) mass is 453 g/mol. The Bertz CT molecular complexity index is 691. The van der Waals surface area contributed by atoms with Gasteiger partial charge in [0.25, 0.3) is 5.91 Å². The van der Waals surface area contributed by atoms with Crippen molar-refractivity contribution in [2.45, 2.75) is 13.5 Å². The molecular weight excluding hydrogens is 429 g/mol. The number of benzene rings is 1. The number of rotatable bonds is 6. The molecule has 0 aliphatic rings. The lowest BCUT2D eigenvalue weighted by molar-refractivity contribution is 0.0954. The predicted octanol–water partition coefficient (Wildman–Crippen LogP) is 2.10. The lowest BCUT2D eigenvalue weighted by atomic mass is 10.1. The number of hydrogen-bond acceptors (Lipinski definition) is 3. The van der Waals surface area contributed by atoms with E-state index in [9.17, 15) is 4.79 Å². The van der Waals surface area contributed by atoms with Crippen LogP contribution < -0.4 is 16.0 Å². The second kappa shape index (κ2) is 11.4. The Morgan fingerprint density at radius 1 is 1.08 bits per heavy atom. The second-order valence-corrected chi connectivity index (χ2v) is 5.30. The van der Waals surface area contributed by atoms with Gasteiger partial charge in [-0.3, -0.25) is 14.8 Å². The summed E-state index contributed by atoms with van der Waals surface area (Å²) in [5.74, 6) is 0.599. The van der Waals surface area contributed by atoms with Gasteiger partial charge in [-0.15, -0.1) is 24.0 Å². The normalized spacial score (nSPS) is 10.6. The minimum atomic E-state index is -0.0723. The van der Waals surface area contributed by atoms with Crippen molar-refractivity contribution >= 4 is 35.8 Å². The molecule has 0 unspecified atom stereocenters. The lowest BCUT2D eigenvalue weighted by Crippen LogP contribution is -2.41. The fourth-order valence-electron chi connectivity index (χ4n) is 2.14. The number of aliphatic imine (C=N–C) groups is 1. The van der Waals surface area contributed by atoms with Crippen LogP contribution in [0.3, 0.4) is 0 Å². The number of carbonyl (C=O) groups is 1. The third kappa shape index (κ3) is 7.51. The molecule has 0 aliphatic heterocycles. The molecule has 0 spiro atoms. The van der Waals surface area contributed by atoms with E-state index in [1.54, 1.807) is 13.2 Å². The molecule has 7 heteroatoms. The SMILES string of the molecule is CN=C(NCCNC(=O)c1cccc(C)c1)NCc1ccccn1.I. The minimum Gasteiger partial charge on any atom is -0.355 e. The van der Waals surface area contributed by atoms with Crippen LogP contribution in [0.4, 0.5) is 0 Å². The Labute approximate surface area is 165 Å². The molecule has 25 heavy (non-hydrogen) atoms. The summed E-state index contributed by atoms with van der Waals surface area (Å²) < 4.78 is 0. The molecule has 0 saturated carbocycles. The zero-order chi connectivity index (χ0) is 17.2. The highest BCUT2D eigenvalue weighted by Gasteiger charge is 2.04. The third-order valence-electron chi connectivity index (χ3n) is 3.37. The van der Waals surface area contributed by atoms with Crippen LogP contribution in [0, 0.1) is 6.92 Å². The van der Waals surface area contributed by atoms with Gasteiger partial charge in [-0.2, -0.15) is 0 Å². The van der Waals surface area contributed by atoms with Gasteiger partial charge < -0.3 is 16.0 Å². The number of aryl methyl sites for hydroxylation is 1. The number of pyridine rings is 1. The zero-order valence-corrected chi connectivity index (χ0v) is 16.8. The smallest absolute Gasteiger partial charge is 0.251 e. The number of carbonyl (C=O) groups excluding carboxylic acids is 1. The number of aromatic nitrogens is 1. The van der Waals surface area contributed by atoms with Crippen LogP contribution in [-0.2, 0) is 6.54 Å². The van der Waals surface area contributed by atoms with Crippen LogP contribution >= 0.6 is 24.0 Å². The van der Waals surface area contributed by atoms with E-state index in [0.29, 0.717) is 31.2 Å². The summed E-state index contributed by atoms with van der Waals surface area (Å²) in [7, 11) is 1.71. The largest absolute Gasteiger partial charge is 0.355 e. The summed E-state index contributed by atoms with van der Waals surface area (Å²) >= 11 is 0. The molecule has 2 rings (SSSR count). The topological polar surface area (TPSA) is 78.4 Å². The van der Waals surface area contributed by atoms with Crippen molar-refractivity contribution in [2.75, 3.05) is 20.1 Å². The van der Waals surface area contributed by atoms with Gasteiger partial charge in [-0.25, -0.2) is 0 Å². The van der Waals surface area contributed by atoms with E-state index in [4.69, 9.17) is 0 Å². The highest BCUT2D eigenvalue weighted by Crippen LogP contribution is 2.03. The van der Waals surface area contributed by atoms with Crippen molar-refractivity contribution < 1.29 is 4.79 Å². The van der Waals surface area contributed by atoms with E-state index in [1.165, 1.54) is 0 Å². The van der Waals surface area contributed by atoms with E-state index in [0.717, 1.165) is 11.3 Å². The van der Waals surface area contributed by atoms with Crippen molar-refractivity contribution in [3.8, 4) is 0 Å². The number of nitrogens with zero attached hydrogens (tertiary/aromatic N) is 2. The first kappa shape index (κ1) is 20.9. The van der Waals surface area contributed by atoms with Crippen molar-refractivity contribution in [2.24, 2.45) is 4.99 Å². The van der Waals surface area contributed by atoms with E-state index in [-0.39, 0.29) is 29.9 Å². The molecule has 0 bridgehead atoms. The molecule has 0 radical (unpaired) electrons. The Morgan fingerprint density at radius 3 is 2.56 bits per heavy atom.